The highest BCUT2D eigenvalue weighted by molar-refractivity contribution is 9.10. The predicted octanol–water partition coefficient (Wildman–Crippen LogP) is 1.34. The molecule has 17 heavy (non-hydrogen) atoms. The highest BCUT2D eigenvalue weighted by Gasteiger charge is 2.17. The van der Waals surface area contributed by atoms with E-state index in [0.29, 0.717) is 15.9 Å². The summed E-state index contributed by atoms with van der Waals surface area (Å²) >= 11 is 3.29. The Labute approximate surface area is 116 Å². The SMILES string of the molecule is Br.CC(C)n1c(Br)nc2c1c(=O)[nH]c(=O)n2C. The zero-order valence-corrected chi connectivity index (χ0v) is 12.8. The molecule has 0 spiro atoms. The van der Waals surface area contributed by atoms with Gasteiger partial charge in [-0.25, -0.2) is 9.78 Å². The Hall–Kier alpha value is -0.890. The van der Waals surface area contributed by atoms with Crippen LogP contribution in [-0.2, 0) is 7.05 Å². The maximum Gasteiger partial charge on any atom is 0.329 e. The summed E-state index contributed by atoms with van der Waals surface area (Å²) in [4.78, 5) is 29.6. The number of aromatic amines is 1. The first kappa shape index (κ1) is 14.2. The third-order valence-electron chi connectivity index (χ3n) is 2.42. The van der Waals surface area contributed by atoms with Crippen LogP contribution in [0, 0.1) is 0 Å². The van der Waals surface area contributed by atoms with Gasteiger partial charge >= 0.3 is 5.69 Å². The van der Waals surface area contributed by atoms with E-state index in [1.807, 2.05) is 13.8 Å². The van der Waals surface area contributed by atoms with E-state index in [1.165, 1.54) is 4.57 Å². The molecule has 2 aromatic rings. The van der Waals surface area contributed by atoms with Crippen LogP contribution in [0.15, 0.2) is 14.3 Å². The molecule has 2 heterocycles. The minimum atomic E-state index is -0.460. The number of aryl methyl sites for hydroxylation is 1. The molecule has 0 unspecified atom stereocenters. The molecule has 0 radical (unpaired) electrons. The molecule has 0 aromatic carbocycles. The molecular formula is C9H12Br2N4O2. The summed E-state index contributed by atoms with van der Waals surface area (Å²) in [6.07, 6.45) is 0. The fourth-order valence-electron chi connectivity index (χ4n) is 1.65. The van der Waals surface area contributed by atoms with E-state index >= 15 is 0 Å². The largest absolute Gasteiger partial charge is 0.329 e. The first-order valence-electron chi connectivity index (χ1n) is 4.80. The van der Waals surface area contributed by atoms with Crippen molar-refractivity contribution in [1.82, 2.24) is 19.1 Å². The van der Waals surface area contributed by atoms with Crippen LogP contribution < -0.4 is 11.2 Å². The number of imidazole rings is 1. The van der Waals surface area contributed by atoms with E-state index in [9.17, 15) is 9.59 Å². The lowest BCUT2D eigenvalue weighted by Crippen LogP contribution is -2.29. The third kappa shape index (κ3) is 2.11. The van der Waals surface area contributed by atoms with Crippen molar-refractivity contribution in [3.05, 3.63) is 25.6 Å². The molecule has 0 saturated heterocycles. The van der Waals surface area contributed by atoms with Crippen molar-refractivity contribution in [1.29, 1.82) is 0 Å². The zero-order valence-electron chi connectivity index (χ0n) is 9.52. The summed E-state index contributed by atoms with van der Waals surface area (Å²) in [6.45, 7) is 3.88. The Morgan fingerprint density at radius 2 is 1.94 bits per heavy atom. The number of aromatic nitrogens is 4. The minimum Gasteiger partial charge on any atom is -0.310 e. The zero-order chi connectivity index (χ0) is 12.0. The molecular weight excluding hydrogens is 356 g/mol. The Bertz CT molecular complexity index is 668. The topological polar surface area (TPSA) is 72.7 Å². The van der Waals surface area contributed by atoms with Crippen molar-refractivity contribution >= 4 is 44.1 Å². The molecule has 0 aliphatic carbocycles. The van der Waals surface area contributed by atoms with Gasteiger partial charge in [0.05, 0.1) is 0 Å². The van der Waals surface area contributed by atoms with Gasteiger partial charge in [0, 0.05) is 13.1 Å². The Kier molecular flexibility index (Phi) is 3.98. The number of fused-ring (bicyclic) bond motifs is 1. The first-order chi connectivity index (χ1) is 7.43. The average molecular weight is 368 g/mol. The van der Waals surface area contributed by atoms with Gasteiger partial charge in [0.1, 0.15) is 0 Å². The summed E-state index contributed by atoms with van der Waals surface area (Å²) in [7, 11) is 1.57. The quantitative estimate of drug-likeness (QED) is 0.773. The second kappa shape index (κ2) is 4.77. The van der Waals surface area contributed by atoms with Gasteiger partial charge in [-0.2, -0.15) is 0 Å². The van der Waals surface area contributed by atoms with Crippen LogP contribution in [0.1, 0.15) is 19.9 Å². The number of hydrogen-bond donors (Lipinski definition) is 1. The summed E-state index contributed by atoms with van der Waals surface area (Å²) in [5, 5.41) is 0. The van der Waals surface area contributed by atoms with E-state index in [2.05, 4.69) is 25.9 Å². The lowest BCUT2D eigenvalue weighted by Gasteiger charge is -2.08. The van der Waals surface area contributed by atoms with E-state index in [4.69, 9.17) is 0 Å². The second-order valence-corrected chi connectivity index (χ2v) is 4.54. The van der Waals surface area contributed by atoms with Gasteiger partial charge in [-0.3, -0.25) is 14.3 Å². The van der Waals surface area contributed by atoms with E-state index in [1.54, 1.807) is 11.6 Å². The van der Waals surface area contributed by atoms with Crippen LogP contribution in [-0.4, -0.2) is 19.1 Å². The molecule has 94 valence electrons. The van der Waals surface area contributed by atoms with Crippen LogP contribution in [0.5, 0.6) is 0 Å². The van der Waals surface area contributed by atoms with Crippen molar-refractivity contribution < 1.29 is 0 Å². The van der Waals surface area contributed by atoms with Gasteiger partial charge in [-0.15, -0.1) is 17.0 Å². The number of halogens is 2. The maximum absolute atomic E-state index is 11.7. The van der Waals surface area contributed by atoms with Gasteiger partial charge < -0.3 is 4.57 Å². The van der Waals surface area contributed by atoms with Crippen molar-refractivity contribution in [2.45, 2.75) is 19.9 Å². The maximum atomic E-state index is 11.7. The van der Waals surface area contributed by atoms with Gasteiger partial charge in [-0.1, -0.05) is 0 Å². The molecule has 0 atom stereocenters. The van der Waals surface area contributed by atoms with Crippen LogP contribution in [0.3, 0.4) is 0 Å². The fraction of sp³-hybridized carbons (Fsp3) is 0.444. The van der Waals surface area contributed by atoms with E-state index < -0.39 is 11.2 Å². The molecule has 8 heteroatoms. The van der Waals surface area contributed by atoms with E-state index in [0.717, 1.165) is 0 Å². The van der Waals surface area contributed by atoms with Crippen LogP contribution >= 0.6 is 32.9 Å². The molecule has 1 N–H and O–H groups in total. The molecule has 0 aliphatic heterocycles. The number of hydrogen-bond acceptors (Lipinski definition) is 3. The molecule has 0 aliphatic rings. The van der Waals surface area contributed by atoms with Crippen molar-refractivity contribution in [3.63, 3.8) is 0 Å². The Morgan fingerprint density at radius 1 is 1.35 bits per heavy atom. The van der Waals surface area contributed by atoms with Gasteiger partial charge in [0.25, 0.3) is 5.56 Å². The smallest absolute Gasteiger partial charge is 0.310 e. The molecule has 0 saturated carbocycles. The monoisotopic (exact) mass is 366 g/mol. The number of rotatable bonds is 1. The summed E-state index contributed by atoms with van der Waals surface area (Å²) in [5.41, 5.74) is -0.0818. The Balaban J connectivity index is 0.00000144. The molecule has 2 rings (SSSR count). The lowest BCUT2D eigenvalue weighted by molar-refractivity contribution is 0.602. The summed E-state index contributed by atoms with van der Waals surface area (Å²) in [5.74, 6) is 0. The van der Waals surface area contributed by atoms with E-state index in [-0.39, 0.29) is 23.0 Å². The van der Waals surface area contributed by atoms with Crippen LogP contribution in [0.2, 0.25) is 0 Å². The number of nitrogens with zero attached hydrogens (tertiary/aromatic N) is 3. The highest BCUT2D eigenvalue weighted by Crippen LogP contribution is 2.20. The number of nitrogens with one attached hydrogen (secondary N) is 1. The van der Waals surface area contributed by atoms with Gasteiger partial charge in [-0.05, 0) is 29.8 Å². The number of H-pyrrole nitrogens is 1. The second-order valence-electron chi connectivity index (χ2n) is 3.84. The predicted molar refractivity (Wildman–Crippen MR) is 74.0 cm³/mol. The van der Waals surface area contributed by atoms with Crippen molar-refractivity contribution in [2.24, 2.45) is 7.05 Å². The summed E-state index contributed by atoms with van der Waals surface area (Å²) < 4.78 is 3.61. The molecule has 0 bridgehead atoms. The Morgan fingerprint density at radius 3 is 2.47 bits per heavy atom. The fourth-order valence-corrected chi connectivity index (χ4v) is 2.40. The third-order valence-corrected chi connectivity index (χ3v) is 2.98. The van der Waals surface area contributed by atoms with Gasteiger partial charge in [0.15, 0.2) is 15.9 Å². The molecule has 0 fully saturated rings. The first-order valence-corrected chi connectivity index (χ1v) is 5.59. The molecule has 0 amide bonds. The van der Waals surface area contributed by atoms with Crippen LogP contribution in [0.25, 0.3) is 11.2 Å². The molecule has 2 aromatic heterocycles. The summed E-state index contributed by atoms with van der Waals surface area (Å²) in [6, 6.07) is 0.0815. The lowest BCUT2D eigenvalue weighted by atomic mass is 10.4. The molecule has 6 nitrogen and oxygen atoms in total. The van der Waals surface area contributed by atoms with Crippen molar-refractivity contribution in [3.8, 4) is 0 Å². The van der Waals surface area contributed by atoms with Crippen molar-refractivity contribution in [2.75, 3.05) is 0 Å². The van der Waals surface area contributed by atoms with Crippen LogP contribution in [0.4, 0.5) is 0 Å². The minimum absolute atomic E-state index is 0. The average Bonchev–Trinajstić information content (AvgIpc) is 2.52. The van der Waals surface area contributed by atoms with Gasteiger partial charge in [0.2, 0.25) is 0 Å². The highest BCUT2D eigenvalue weighted by atomic mass is 79.9. The normalized spacial score (nSPS) is 10.9. The standard InChI is InChI=1S/C9H11BrN4O2.BrH/c1-4(2)14-5-6(11-8(14)10)13(3)9(16)12-7(5)15;/h4H,1-3H3,(H,12,15,16);1H.